The van der Waals surface area contributed by atoms with Gasteiger partial charge in [-0.15, -0.1) is 0 Å². The van der Waals surface area contributed by atoms with Gasteiger partial charge in [0, 0.05) is 6.54 Å². The molecule has 5 heteroatoms. The normalized spacial score (nSPS) is 17.1. The topological polar surface area (TPSA) is 65.3 Å². The van der Waals surface area contributed by atoms with Crippen molar-refractivity contribution in [2.24, 2.45) is 5.92 Å². The van der Waals surface area contributed by atoms with Crippen molar-refractivity contribution >= 4 is 11.8 Å². The van der Waals surface area contributed by atoms with Crippen molar-refractivity contribution in [1.29, 1.82) is 5.26 Å². The Kier molecular flexibility index (Phi) is 6.87. The van der Waals surface area contributed by atoms with Gasteiger partial charge >= 0.3 is 0 Å². The molecule has 1 aliphatic heterocycles. The van der Waals surface area contributed by atoms with Crippen molar-refractivity contribution < 1.29 is 9.84 Å². The van der Waals surface area contributed by atoms with E-state index in [1.165, 1.54) is 24.3 Å². The molecule has 0 aromatic heterocycles. The first-order chi connectivity index (χ1) is 10.3. The molecule has 1 aromatic rings. The van der Waals surface area contributed by atoms with E-state index in [-0.39, 0.29) is 6.61 Å². The van der Waals surface area contributed by atoms with Crippen LogP contribution in [0.3, 0.4) is 0 Å². The summed E-state index contributed by atoms with van der Waals surface area (Å²) in [6, 6.07) is 9.05. The minimum absolute atomic E-state index is 0.238. The fourth-order valence-electron chi connectivity index (χ4n) is 2.31. The van der Waals surface area contributed by atoms with Crippen LogP contribution in [0.4, 0.5) is 0 Å². The summed E-state index contributed by atoms with van der Waals surface area (Å²) < 4.78 is 5.51. The lowest BCUT2D eigenvalue weighted by Crippen LogP contribution is -2.35. The fraction of sp³-hybridized carbons (Fsp3) is 0.562. The summed E-state index contributed by atoms with van der Waals surface area (Å²) >= 11 is 2.03. The highest BCUT2D eigenvalue weighted by molar-refractivity contribution is 7.99. The quantitative estimate of drug-likeness (QED) is 0.807. The molecule has 1 unspecified atom stereocenters. The van der Waals surface area contributed by atoms with Gasteiger partial charge in [-0.1, -0.05) is 6.07 Å². The van der Waals surface area contributed by atoms with Gasteiger partial charge in [-0.2, -0.15) is 17.0 Å². The van der Waals surface area contributed by atoms with E-state index < -0.39 is 6.10 Å². The molecule has 0 aliphatic carbocycles. The highest BCUT2D eigenvalue weighted by Gasteiger charge is 2.14. The monoisotopic (exact) mass is 306 g/mol. The second kappa shape index (κ2) is 8.93. The van der Waals surface area contributed by atoms with Crippen molar-refractivity contribution in [2.45, 2.75) is 18.9 Å². The molecule has 4 nitrogen and oxygen atoms in total. The number of benzene rings is 1. The largest absolute Gasteiger partial charge is 0.491 e. The molecule has 114 valence electrons. The molecule has 2 rings (SSSR count). The van der Waals surface area contributed by atoms with Crippen LogP contribution in [0.15, 0.2) is 24.3 Å². The lowest BCUT2D eigenvalue weighted by atomic mass is 10.0. The van der Waals surface area contributed by atoms with Crippen LogP contribution in [-0.4, -0.2) is 42.4 Å². The molecule has 1 heterocycles. The maximum absolute atomic E-state index is 9.91. The first kappa shape index (κ1) is 16.2. The number of rotatable bonds is 7. The molecule has 1 saturated heterocycles. The number of thioether (sulfide) groups is 1. The van der Waals surface area contributed by atoms with Gasteiger partial charge in [-0.25, -0.2) is 0 Å². The summed E-state index contributed by atoms with van der Waals surface area (Å²) in [4.78, 5) is 0. The number of aliphatic hydroxyl groups is 1. The van der Waals surface area contributed by atoms with Gasteiger partial charge in [0.2, 0.25) is 0 Å². The molecule has 0 radical (unpaired) electrons. The van der Waals surface area contributed by atoms with E-state index in [1.807, 2.05) is 11.8 Å². The minimum Gasteiger partial charge on any atom is -0.491 e. The van der Waals surface area contributed by atoms with Gasteiger partial charge in [-0.05, 0) is 55.0 Å². The fourth-order valence-corrected chi connectivity index (χ4v) is 3.52. The van der Waals surface area contributed by atoms with E-state index in [2.05, 4.69) is 11.4 Å². The van der Waals surface area contributed by atoms with Crippen LogP contribution in [0, 0.1) is 17.2 Å². The molecule has 2 N–H and O–H groups in total. The maximum Gasteiger partial charge on any atom is 0.120 e. The first-order valence-corrected chi connectivity index (χ1v) is 8.53. The van der Waals surface area contributed by atoms with Crippen LogP contribution in [0.2, 0.25) is 0 Å². The molecule has 0 saturated carbocycles. The molecule has 1 aromatic carbocycles. The zero-order valence-electron chi connectivity index (χ0n) is 12.1. The summed E-state index contributed by atoms with van der Waals surface area (Å²) in [7, 11) is 0. The zero-order valence-corrected chi connectivity index (χ0v) is 12.9. The number of nitriles is 1. The standard InChI is InChI=1S/C16H22N2O2S/c17-9-14-2-1-3-16(8-14)20-12-15(19)11-18-10-13-4-6-21-7-5-13/h1-3,8,13,15,18-19H,4-7,10-12H2. The SMILES string of the molecule is N#Cc1cccc(OCC(O)CNCC2CCSCC2)c1. The van der Waals surface area contributed by atoms with Gasteiger partial charge < -0.3 is 15.2 Å². The van der Waals surface area contributed by atoms with Crippen molar-refractivity contribution in [2.75, 3.05) is 31.2 Å². The van der Waals surface area contributed by atoms with E-state index in [1.54, 1.807) is 24.3 Å². The van der Waals surface area contributed by atoms with Crippen LogP contribution >= 0.6 is 11.8 Å². The average molecular weight is 306 g/mol. The van der Waals surface area contributed by atoms with Crippen LogP contribution in [0.25, 0.3) is 0 Å². The Morgan fingerprint density at radius 3 is 3.00 bits per heavy atom. The summed E-state index contributed by atoms with van der Waals surface area (Å²) in [5, 5.41) is 22.0. The Morgan fingerprint density at radius 1 is 1.43 bits per heavy atom. The summed E-state index contributed by atoms with van der Waals surface area (Å²) in [5.41, 5.74) is 0.565. The first-order valence-electron chi connectivity index (χ1n) is 7.37. The van der Waals surface area contributed by atoms with Crippen LogP contribution in [-0.2, 0) is 0 Å². The van der Waals surface area contributed by atoms with Crippen LogP contribution in [0.1, 0.15) is 18.4 Å². The number of nitrogens with one attached hydrogen (secondary N) is 1. The number of ether oxygens (including phenoxy) is 1. The van der Waals surface area contributed by atoms with E-state index >= 15 is 0 Å². The lowest BCUT2D eigenvalue weighted by molar-refractivity contribution is 0.105. The predicted molar refractivity (Wildman–Crippen MR) is 85.6 cm³/mol. The van der Waals surface area contributed by atoms with Gasteiger partial charge in [0.1, 0.15) is 18.5 Å². The minimum atomic E-state index is -0.534. The number of hydrogen-bond acceptors (Lipinski definition) is 5. The summed E-state index contributed by atoms with van der Waals surface area (Å²) in [5.74, 6) is 3.88. The molecule has 1 atom stereocenters. The zero-order chi connectivity index (χ0) is 14.9. The molecular formula is C16H22N2O2S. The van der Waals surface area contributed by atoms with E-state index in [0.29, 0.717) is 17.9 Å². The average Bonchev–Trinajstić information content (AvgIpc) is 2.54. The lowest BCUT2D eigenvalue weighted by Gasteiger charge is -2.22. The second-order valence-corrected chi connectivity index (χ2v) is 6.54. The molecular weight excluding hydrogens is 284 g/mol. The molecule has 0 bridgehead atoms. The summed E-state index contributed by atoms with van der Waals surface area (Å²) in [6.45, 7) is 1.76. The van der Waals surface area contributed by atoms with Crippen molar-refractivity contribution in [1.82, 2.24) is 5.32 Å². The van der Waals surface area contributed by atoms with E-state index in [9.17, 15) is 5.11 Å². The smallest absolute Gasteiger partial charge is 0.120 e. The number of aliphatic hydroxyl groups excluding tert-OH is 1. The Labute approximate surface area is 130 Å². The maximum atomic E-state index is 9.91. The number of hydrogen-bond donors (Lipinski definition) is 2. The predicted octanol–water partition coefficient (Wildman–Crippen LogP) is 2.03. The van der Waals surface area contributed by atoms with Crippen molar-refractivity contribution in [3.8, 4) is 11.8 Å². The Hall–Kier alpha value is -1.22. The van der Waals surface area contributed by atoms with Crippen LogP contribution < -0.4 is 10.1 Å². The third kappa shape index (κ3) is 5.96. The van der Waals surface area contributed by atoms with Crippen molar-refractivity contribution in [3.05, 3.63) is 29.8 Å². The highest BCUT2D eigenvalue weighted by atomic mass is 32.2. The van der Waals surface area contributed by atoms with Gasteiger partial charge in [0.25, 0.3) is 0 Å². The van der Waals surface area contributed by atoms with Gasteiger partial charge in [-0.3, -0.25) is 0 Å². The molecule has 0 amide bonds. The Balaban J connectivity index is 1.62. The van der Waals surface area contributed by atoms with E-state index in [0.717, 1.165) is 12.5 Å². The number of nitrogens with zero attached hydrogens (tertiary/aromatic N) is 1. The highest BCUT2D eigenvalue weighted by Crippen LogP contribution is 2.21. The van der Waals surface area contributed by atoms with Crippen LogP contribution in [0.5, 0.6) is 5.75 Å². The van der Waals surface area contributed by atoms with Gasteiger partial charge in [0.15, 0.2) is 0 Å². The summed E-state index contributed by atoms with van der Waals surface area (Å²) in [6.07, 6.45) is 2.00. The molecule has 21 heavy (non-hydrogen) atoms. The third-order valence-electron chi connectivity index (χ3n) is 3.56. The second-order valence-electron chi connectivity index (χ2n) is 5.32. The van der Waals surface area contributed by atoms with Gasteiger partial charge in [0.05, 0.1) is 11.6 Å². The molecule has 0 spiro atoms. The van der Waals surface area contributed by atoms with Crippen molar-refractivity contribution in [3.63, 3.8) is 0 Å². The Bertz CT molecular complexity index is 470. The Morgan fingerprint density at radius 2 is 2.24 bits per heavy atom. The van der Waals surface area contributed by atoms with E-state index in [4.69, 9.17) is 10.00 Å². The molecule has 1 aliphatic rings. The third-order valence-corrected chi connectivity index (χ3v) is 4.61. The molecule has 1 fully saturated rings.